The third-order valence-electron chi connectivity index (χ3n) is 3.55. The van der Waals surface area contributed by atoms with Crippen LogP contribution in [0, 0.1) is 0 Å². The molecule has 1 aromatic rings. The monoisotopic (exact) mass is 252 g/mol. The molecule has 1 fully saturated rings. The lowest BCUT2D eigenvalue weighted by atomic mass is 9.96. The molecule has 1 unspecified atom stereocenters. The molecule has 2 rings (SSSR count). The second-order valence-electron chi connectivity index (χ2n) is 5.46. The first-order chi connectivity index (χ1) is 8.00. The fraction of sp³-hybridized carbons (Fsp3) is 0.571. The number of halogens is 1. The highest BCUT2D eigenvalue weighted by atomic mass is 35.5. The van der Waals surface area contributed by atoms with Gasteiger partial charge in [0.2, 0.25) is 0 Å². The van der Waals surface area contributed by atoms with E-state index in [0.29, 0.717) is 6.04 Å². The van der Waals surface area contributed by atoms with Gasteiger partial charge in [-0.25, -0.2) is 0 Å². The first-order valence-electron chi connectivity index (χ1n) is 6.26. The first-order valence-corrected chi connectivity index (χ1v) is 6.64. The molecule has 0 saturated carbocycles. The van der Waals surface area contributed by atoms with E-state index in [1.807, 2.05) is 12.1 Å². The molecule has 3 heteroatoms. The summed E-state index contributed by atoms with van der Waals surface area (Å²) in [6.07, 6.45) is 1.15. The van der Waals surface area contributed by atoms with Crippen LogP contribution in [0.5, 0.6) is 0 Å². The van der Waals surface area contributed by atoms with E-state index in [1.54, 1.807) is 0 Å². The van der Waals surface area contributed by atoms with Crippen molar-refractivity contribution in [2.24, 2.45) is 0 Å². The Bertz CT molecular complexity index is 372. The van der Waals surface area contributed by atoms with Crippen molar-refractivity contribution in [3.63, 3.8) is 0 Å². The van der Waals surface area contributed by atoms with Gasteiger partial charge in [-0.05, 0) is 58.0 Å². The van der Waals surface area contributed by atoms with E-state index in [-0.39, 0.29) is 5.54 Å². The molecule has 0 bridgehead atoms. The molecule has 1 aliphatic rings. The molecule has 1 saturated heterocycles. The van der Waals surface area contributed by atoms with Gasteiger partial charge >= 0.3 is 0 Å². The van der Waals surface area contributed by atoms with Crippen molar-refractivity contribution in [3.8, 4) is 0 Å². The molecular weight excluding hydrogens is 232 g/mol. The van der Waals surface area contributed by atoms with Crippen LogP contribution in [-0.4, -0.2) is 24.7 Å². The quantitative estimate of drug-likeness (QED) is 0.825. The number of rotatable bonds is 1. The first kappa shape index (κ1) is 12.7. The van der Waals surface area contributed by atoms with Crippen molar-refractivity contribution in [1.82, 2.24) is 5.32 Å². The third-order valence-corrected chi connectivity index (χ3v) is 3.80. The van der Waals surface area contributed by atoms with Crippen molar-refractivity contribution in [1.29, 1.82) is 0 Å². The molecule has 0 radical (unpaired) electrons. The third kappa shape index (κ3) is 2.75. The van der Waals surface area contributed by atoms with E-state index >= 15 is 0 Å². The van der Waals surface area contributed by atoms with Crippen molar-refractivity contribution >= 4 is 17.3 Å². The smallest absolute Gasteiger partial charge is 0.0407 e. The van der Waals surface area contributed by atoms with Crippen LogP contribution in [0.3, 0.4) is 0 Å². The summed E-state index contributed by atoms with van der Waals surface area (Å²) in [6.45, 7) is 9.01. The number of nitrogens with zero attached hydrogens (tertiary/aromatic N) is 1. The number of hydrogen-bond donors (Lipinski definition) is 1. The van der Waals surface area contributed by atoms with E-state index in [9.17, 15) is 0 Å². The molecule has 1 heterocycles. The van der Waals surface area contributed by atoms with Crippen LogP contribution in [-0.2, 0) is 0 Å². The maximum atomic E-state index is 5.96. The summed E-state index contributed by atoms with van der Waals surface area (Å²) in [4.78, 5) is 2.50. The molecule has 2 nitrogen and oxygen atoms in total. The average molecular weight is 253 g/mol. The number of nitrogens with one attached hydrogen (secondary N) is 1. The minimum absolute atomic E-state index is 0.177. The second kappa shape index (κ2) is 4.87. The maximum absolute atomic E-state index is 5.96. The Balaban J connectivity index is 2.34. The van der Waals surface area contributed by atoms with Crippen molar-refractivity contribution < 1.29 is 0 Å². The van der Waals surface area contributed by atoms with Crippen LogP contribution >= 0.6 is 11.6 Å². The van der Waals surface area contributed by atoms with Crippen LogP contribution in [0.4, 0.5) is 5.69 Å². The van der Waals surface area contributed by atoms with Crippen LogP contribution in [0.25, 0.3) is 0 Å². The summed E-state index contributed by atoms with van der Waals surface area (Å²) in [5, 5.41) is 4.29. The molecule has 0 aliphatic carbocycles. The van der Waals surface area contributed by atoms with Gasteiger partial charge in [0.25, 0.3) is 0 Å². The van der Waals surface area contributed by atoms with Gasteiger partial charge in [-0.3, -0.25) is 0 Å². The highest BCUT2D eigenvalue weighted by Crippen LogP contribution is 2.30. The van der Waals surface area contributed by atoms with E-state index in [2.05, 4.69) is 43.1 Å². The zero-order valence-corrected chi connectivity index (χ0v) is 11.6. The number of hydrogen-bond acceptors (Lipinski definition) is 2. The van der Waals surface area contributed by atoms with Crippen LogP contribution in [0.2, 0.25) is 5.02 Å². The van der Waals surface area contributed by atoms with Crippen molar-refractivity contribution in [2.75, 3.05) is 18.0 Å². The molecule has 1 aromatic carbocycles. The minimum Gasteiger partial charge on any atom is -0.362 e. The fourth-order valence-corrected chi connectivity index (χ4v) is 2.85. The summed E-state index contributed by atoms with van der Waals surface area (Å²) < 4.78 is 0. The Kier molecular flexibility index (Phi) is 3.64. The molecular formula is C14H21ClN2. The van der Waals surface area contributed by atoms with Gasteiger partial charge in [-0.15, -0.1) is 0 Å². The summed E-state index contributed by atoms with van der Waals surface area (Å²) in [6, 6.07) is 8.67. The molecule has 17 heavy (non-hydrogen) atoms. The molecule has 0 aromatic heterocycles. The molecule has 1 N–H and O–H groups in total. The van der Waals surface area contributed by atoms with Gasteiger partial charge in [0.15, 0.2) is 0 Å². The van der Waals surface area contributed by atoms with Crippen LogP contribution in [0.15, 0.2) is 24.3 Å². The Morgan fingerprint density at radius 1 is 1.29 bits per heavy atom. The van der Waals surface area contributed by atoms with Crippen LogP contribution in [0.1, 0.15) is 27.2 Å². The Morgan fingerprint density at radius 3 is 2.59 bits per heavy atom. The standard InChI is InChI=1S/C14H21ClN2/c1-11-10-16-9-8-14(2,3)17(11)13-6-4-12(15)5-7-13/h4-7,11,16H,8-10H2,1-3H3. The van der Waals surface area contributed by atoms with Gasteiger partial charge in [-0.2, -0.15) is 0 Å². The largest absolute Gasteiger partial charge is 0.362 e. The summed E-state index contributed by atoms with van der Waals surface area (Å²) >= 11 is 5.96. The van der Waals surface area contributed by atoms with Gasteiger partial charge in [0.05, 0.1) is 0 Å². The van der Waals surface area contributed by atoms with Crippen LogP contribution < -0.4 is 10.2 Å². The Morgan fingerprint density at radius 2 is 1.94 bits per heavy atom. The van der Waals surface area contributed by atoms with E-state index < -0.39 is 0 Å². The molecule has 0 amide bonds. The lowest BCUT2D eigenvalue weighted by Gasteiger charge is -2.42. The van der Waals surface area contributed by atoms with E-state index in [0.717, 1.165) is 24.5 Å². The number of anilines is 1. The normalized spacial score (nSPS) is 24.5. The molecule has 1 atom stereocenters. The summed E-state index contributed by atoms with van der Waals surface area (Å²) in [5.41, 5.74) is 1.44. The lowest BCUT2D eigenvalue weighted by Crippen LogP contribution is -2.49. The Labute approximate surface area is 109 Å². The topological polar surface area (TPSA) is 15.3 Å². The number of benzene rings is 1. The average Bonchev–Trinajstić information content (AvgIpc) is 2.39. The molecule has 0 spiro atoms. The van der Waals surface area contributed by atoms with E-state index in [1.165, 1.54) is 5.69 Å². The maximum Gasteiger partial charge on any atom is 0.0407 e. The zero-order chi connectivity index (χ0) is 12.5. The second-order valence-corrected chi connectivity index (χ2v) is 5.90. The van der Waals surface area contributed by atoms with Gasteiger partial charge < -0.3 is 10.2 Å². The fourth-order valence-electron chi connectivity index (χ4n) is 2.72. The molecule has 1 aliphatic heterocycles. The predicted molar refractivity (Wildman–Crippen MR) is 75.0 cm³/mol. The highest BCUT2D eigenvalue weighted by molar-refractivity contribution is 6.30. The van der Waals surface area contributed by atoms with Crippen molar-refractivity contribution in [3.05, 3.63) is 29.3 Å². The Hall–Kier alpha value is -0.730. The predicted octanol–water partition coefficient (Wildman–Crippen LogP) is 3.31. The van der Waals surface area contributed by atoms with Gasteiger partial charge in [0, 0.05) is 28.8 Å². The minimum atomic E-state index is 0.177. The molecule has 94 valence electrons. The summed E-state index contributed by atoms with van der Waals surface area (Å²) in [5.74, 6) is 0. The van der Waals surface area contributed by atoms with Crippen molar-refractivity contribution in [2.45, 2.75) is 38.8 Å². The highest BCUT2D eigenvalue weighted by Gasteiger charge is 2.32. The lowest BCUT2D eigenvalue weighted by molar-refractivity contribution is 0.426. The SMILES string of the molecule is CC1CNCCC(C)(C)N1c1ccc(Cl)cc1. The zero-order valence-electron chi connectivity index (χ0n) is 10.8. The summed E-state index contributed by atoms with van der Waals surface area (Å²) in [7, 11) is 0. The van der Waals surface area contributed by atoms with Gasteiger partial charge in [-0.1, -0.05) is 11.6 Å². The van der Waals surface area contributed by atoms with Gasteiger partial charge in [0.1, 0.15) is 0 Å². The van der Waals surface area contributed by atoms with E-state index in [4.69, 9.17) is 11.6 Å².